The van der Waals surface area contributed by atoms with E-state index in [1.807, 2.05) is 0 Å². The Morgan fingerprint density at radius 3 is 2.24 bits per heavy atom. The quantitative estimate of drug-likeness (QED) is 0.799. The van der Waals surface area contributed by atoms with E-state index in [0.717, 1.165) is 44.0 Å². The molecule has 2 N–H and O–H groups in total. The van der Waals surface area contributed by atoms with Crippen LogP contribution in [0.4, 0.5) is 5.69 Å². The number of anilines is 1. The van der Waals surface area contributed by atoms with E-state index in [1.54, 1.807) is 0 Å². The third kappa shape index (κ3) is 3.53. The van der Waals surface area contributed by atoms with Crippen molar-refractivity contribution in [3.8, 4) is 0 Å². The first-order chi connectivity index (χ1) is 14.1. The van der Waals surface area contributed by atoms with E-state index in [4.69, 9.17) is 10.7 Å². The zero-order valence-electron chi connectivity index (χ0n) is 18.3. The number of allylic oxidation sites excluding steroid dienone is 2. The van der Waals surface area contributed by atoms with Crippen LogP contribution in [0, 0.1) is 5.41 Å². The van der Waals surface area contributed by atoms with Gasteiger partial charge in [-0.05, 0) is 75.1 Å². The van der Waals surface area contributed by atoms with E-state index < -0.39 is 0 Å². The van der Waals surface area contributed by atoms with E-state index in [2.05, 4.69) is 35.1 Å². The number of hydrogen-bond donors (Lipinski definition) is 1. The maximum Gasteiger partial charge on any atom is 0.0891 e. The third-order valence-electron chi connectivity index (χ3n) is 8.62. The average Bonchev–Trinajstić information content (AvgIpc) is 3.41. The van der Waals surface area contributed by atoms with E-state index in [-0.39, 0.29) is 5.54 Å². The van der Waals surface area contributed by atoms with E-state index in [1.165, 1.54) is 75.5 Å². The van der Waals surface area contributed by atoms with Crippen LogP contribution in [-0.2, 0) is 5.54 Å². The summed E-state index contributed by atoms with van der Waals surface area (Å²) in [6.07, 6.45) is 17.0. The summed E-state index contributed by atoms with van der Waals surface area (Å²) in [5, 5.41) is 0. The number of likely N-dealkylation sites (N-methyl/N-ethyl adjacent to an activating group) is 1. The Morgan fingerprint density at radius 1 is 0.897 bits per heavy atom. The van der Waals surface area contributed by atoms with Crippen LogP contribution in [0.3, 0.4) is 0 Å². The van der Waals surface area contributed by atoms with Gasteiger partial charge in [-0.3, -0.25) is 4.90 Å². The van der Waals surface area contributed by atoms with Crippen LogP contribution in [-0.4, -0.2) is 48.0 Å². The zero-order valence-corrected chi connectivity index (χ0v) is 18.3. The maximum atomic E-state index is 6.48. The van der Waals surface area contributed by atoms with Gasteiger partial charge in [-0.2, -0.15) is 0 Å². The number of aromatic nitrogens is 1. The first kappa shape index (κ1) is 19.6. The molecule has 1 saturated heterocycles. The van der Waals surface area contributed by atoms with Crippen molar-refractivity contribution in [2.24, 2.45) is 5.41 Å². The summed E-state index contributed by atoms with van der Waals surface area (Å²) < 4.78 is 0. The SMILES string of the molecule is CN1CCN(C2(c3ccc(N)c(C4=CCC5(CCCC5)CC4)n3)CCCC2)CC1. The summed E-state index contributed by atoms with van der Waals surface area (Å²) in [6, 6.07) is 4.39. The molecule has 0 aromatic carbocycles. The minimum absolute atomic E-state index is 0.131. The molecule has 5 rings (SSSR count). The summed E-state index contributed by atoms with van der Waals surface area (Å²) >= 11 is 0. The van der Waals surface area contributed by atoms with Crippen LogP contribution in [0.15, 0.2) is 18.2 Å². The van der Waals surface area contributed by atoms with Crippen molar-refractivity contribution in [2.75, 3.05) is 39.0 Å². The summed E-state index contributed by atoms with van der Waals surface area (Å²) in [4.78, 5) is 10.5. The summed E-state index contributed by atoms with van der Waals surface area (Å²) in [7, 11) is 2.24. The lowest BCUT2D eigenvalue weighted by molar-refractivity contribution is 0.0377. The van der Waals surface area contributed by atoms with Crippen LogP contribution in [0.25, 0.3) is 5.57 Å². The summed E-state index contributed by atoms with van der Waals surface area (Å²) in [5.74, 6) is 0. The highest BCUT2D eigenvalue weighted by molar-refractivity contribution is 5.73. The van der Waals surface area contributed by atoms with Crippen molar-refractivity contribution in [1.82, 2.24) is 14.8 Å². The molecule has 1 aliphatic heterocycles. The number of nitrogens with two attached hydrogens (primary N) is 1. The van der Waals surface area contributed by atoms with Crippen molar-refractivity contribution in [3.63, 3.8) is 0 Å². The molecule has 2 heterocycles. The predicted molar refractivity (Wildman–Crippen MR) is 121 cm³/mol. The van der Waals surface area contributed by atoms with Crippen molar-refractivity contribution >= 4 is 11.3 Å². The Morgan fingerprint density at radius 2 is 1.59 bits per heavy atom. The Labute approximate surface area is 176 Å². The molecule has 0 bridgehead atoms. The molecule has 0 amide bonds. The highest BCUT2D eigenvalue weighted by atomic mass is 15.3. The molecule has 1 spiro atoms. The fourth-order valence-electron chi connectivity index (χ4n) is 6.65. The topological polar surface area (TPSA) is 45.4 Å². The van der Waals surface area contributed by atoms with Crippen molar-refractivity contribution in [3.05, 3.63) is 29.6 Å². The Kier molecular flexibility index (Phi) is 5.19. The highest BCUT2D eigenvalue weighted by Gasteiger charge is 2.43. The molecule has 4 aliphatic rings. The predicted octanol–water partition coefficient (Wildman–Crippen LogP) is 4.81. The first-order valence-corrected chi connectivity index (χ1v) is 12.0. The van der Waals surface area contributed by atoms with Crippen molar-refractivity contribution in [1.29, 1.82) is 0 Å². The second-order valence-corrected chi connectivity index (χ2v) is 10.3. The van der Waals surface area contributed by atoms with Gasteiger partial charge in [0.2, 0.25) is 0 Å². The van der Waals surface area contributed by atoms with Gasteiger partial charge in [0.25, 0.3) is 0 Å². The van der Waals surface area contributed by atoms with Crippen LogP contribution < -0.4 is 5.73 Å². The first-order valence-electron chi connectivity index (χ1n) is 12.0. The van der Waals surface area contributed by atoms with Crippen molar-refractivity contribution in [2.45, 2.75) is 76.2 Å². The Bertz CT molecular complexity index is 763. The normalized spacial score (nSPS) is 27.4. The fourth-order valence-corrected chi connectivity index (χ4v) is 6.65. The lowest BCUT2D eigenvalue weighted by Crippen LogP contribution is -2.54. The number of rotatable bonds is 3. The molecule has 1 aromatic heterocycles. The Hall–Kier alpha value is -1.39. The fraction of sp³-hybridized carbons (Fsp3) is 0.720. The molecule has 158 valence electrons. The van der Waals surface area contributed by atoms with Crippen LogP contribution in [0.5, 0.6) is 0 Å². The van der Waals surface area contributed by atoms with E-state index in [9.17, 15) is 0 Å². The number of nitrogen functional groups attached to an aromatic ring is 1. The van der Waals surface area contributed by atoms with Gasteiger partial charge < -0.3 is 10.6 Å². The minimum atomic E-state index is 0.131. The van der Waals surface area contributed by atoms with Crippen LogP contribution in [0.1, 0.15) is 82.0 Å². The molecule has 0 atom stereocenters. The number of hydrogen-bond acceptors (Lipinski definition) is 4. The second kappa shape index (κ2) is 7.70. The molecule has 0 unspecified atom stereocenters. The second-order valence-electron chi connectivity index (χ2n) is 10.3. The molecule has 1 aromatic rings. The van der Waals surface area contributed by atoms with Crippen LogP contribution in [0.2, 0.25) is 0 Å². The molecule has 4 heteroatoms. The van der Waals surface area contributed by atoms with Gasteiger partial charge in [0.1, 0.15) is 0 Å². The molecule has 0 radical (unpaired) electrons. The highest BCUT2D eigenvalue weighted by Crippen LogP contribution is 2.50. The van der Waals surface area contributed by atoms with Gasteiger partial charge in [0, 0.05) is 26.2 Å². The molecule has 3 fully saturated rings. The largest absolute Gasteiger partial charge is 0.397 e. The standard InChI is InChI=1S/C25H38N4/c1-28-16-18-29(19-17-28)25(12-4-5-13-25)22-7-6-21(26)23(27-22)20-8-14-24(15-9-20)10-2-3-11-24/h6-8H,2-5,9-19,26H2,1H3. The third-order valence-corrected chi connectivity index (χ3v) is 8.62. The van der Waals surface area contributed by atoms with Gasteiger partial charge >= 0.3 is 0 Å². The molecular weight excluding hydrogens is 356 g/mol. The smallest absolute Gasteiger partial charge is 0.0891 e. The number of pyridine rings is 1. The molecular formula is C25H38N4. The van der Waals surface area contributed by atoms with Gasteiger partial charge in [0.15, 0.2) is 0 Å². The Balaban J connectivity index is 1.45. The van der Waals surface area contributed by atoms with Gasteiger partial charge in [-0.25, -0.2) is 4.98 Å². The van der Waals surface area contributed by atoms with E-state index >= 15 is 0 Å². The average molecular weight is 395 g/mol. The van der Waals surface area contributed by atoms with Crippen LogP contribution >= 0.6 is 0 Å². The molecule has 4 nitrogen and oxygen atoms in total. The van der Waals surface area contributed by atoms with Gasteiger partial charge in [-0.1, -0.05) is 31.8 Å². The lowest BCUT2D eigenvalue weighted by atomic mass is 9.73. The minimum Gasteiger partial charge on any atom is -0.397 e. The molecule has 2 saturated carbocycles. The summed E-state index contributed by atoms with van der Waals surface area (Å²) in [6.45, 7) is 4.64. The maximum absolute atomic E-state index is 6.48. The lowest BCUT2D eigenvalue weighted by Gasteiger charge is -2.45. The monoisotopic (exact) mass is 394 g/mol. The number of nitrogens with zero attached hydrogens (tertiary/aromatic N) is 3. The molecule has 29 heavy (non-hydrogen) atoms. The summed E-state index contributed by atoms with van der Waals surface area (Å²) in [5.41, 5.74) is 11.9. The zero-order chi connectivity index (χ0) is 19.9. The van der Waals surface area contributed by atoms with Gasteiger partial charge in [0.05, 0.1) is 22.6 Å². The van der Waals surface area contributed by atoms with Gasteiger partial charge in [-0.15, -0.1) is 0 Å². The number of piperazine rings is 1. The molecule has 3 aliphatic carbocycles. The van der Waals surface area contributed by atoms with Crippen molar-refractivity contribution < 1.29 is 0 Å². The van der Waals surface area contributed by atoms with E-state index in [0.29, 0.717) is 5.41 Å².